The van der Waals surface area contributed by atoms with Crippen LogP contribution in [-0.4, -0.2) is 22.8 Å². The van der Waals surface area contributed by atoms with Gasteiger partial charge in [0.25, 0.3) is 0 Å². The molecule has 0 unspecified atom stereocenters. The molecule has 0 aromatic carbocycles. The highest BCUT2D eigenvalue weighted by Gasteiger charge is 2.12. The minimum atomic E-state index is -0.360. The van der Waals surface area contributed by atoms with E-state index in [4.69, 9.17) is 4.74 Å². The topological polar surface area (TPSA) is 55.0 Å². The van der Waals surface area contributed by atoms with E-state index >= 15 is 0 Å². The van der Waals surface area contributed by atoms with E-state index in [0.717, 1.165) is 24.1 Å². The largest absolute Gasteiger partial charge is 0.461 e. The summed E-state index contributed by atoms with van der Waals surface area (Å²) in [6.07, 6.45) is 8.33. The smallest absolute Gasteiger partial charge is 0.356 e. The predicted molar refractivity (Wildman–Crippen MR) is 60.9 cm³/mol. The molecule has 1 aromatic rings. The molecule has 4 nitrogen and oxygen atoms in total. The molecule has 0 saturated carbocycles. The van der Waals surface area contributed by atoms with Crippen molar-refractivity contribution in [1.29, 1.82) is 0 Å². The molecule has 1 aliphatic rings. The van der Waals surface area contributed by atoms with Crippen LogP contribution < -0.4 is 0 Å². The van der Waals surface area contributed by atoms with Crippen molar-refractivity contribution in [3.8, 4) is 0 Å². The maximum absolute atomic E-state index is 11.4. The standard InChI is InChI=1S/C12H14N2O2/c1-2-16-12(15)11-8-10(13-14-11)9-6-4-3-5-7-9/h4,6-8H,2-3,5H2,1H3,(H,13,14). The number of nitrogens with one attached hydrogen (secondary N) is 1. The first kappa shape index (κ1) is 10.7. The molecule has 0 radical (unpaired) electrons. The van der Waals surface area contributed by atoms with Gasteiger partial charge in [0.2, 0.25) is 0 Å². The average Bonchev–Trinajstić information content (AvgIpc) is 2.80. The number of carbonyl (C=O) groups is 1. The van der Waals surface area contributed by atoms with Gasteiger partial charge < -0.3 is 4.74 Å². The summed E-state index contributed by atoms with van der Waals surface area (Å²) in [5.74, 6) is -0.360. The molecule has 84 valence electrons. The molecule has 4 heteroatoms. The second kappa shape index (κ2) is 4.79. The van der Waals surface area contributed by atoms with Crippen LogP contribution >= 0.6 is 0 Å². The van der Waals surface area contributed by atoms with E-state index in [1.807, 2.05) is 6.08 Å². The van der Waals surface area contributed by atoms with Crippen LogP contribution in [0.2, 0.25) is 0 Å². The van der Waals surface area contributed by atoms with E-state index in [9.17, 15) is 4.79 Å². The van der Waals surface area contributed by atoms with E-state index in [2.05, 4.69) is 22.3 Å². The second-order valence-corrected chi connectivity index (χ2v) is 3.53. The van der Waals surface area contributed by atoms with Crippen molar-refractivity contribution in [3.05, 3.63) is 35.7 Å². The number of hydrogen-bond acceptors (Lipinski definition) is 3. The third-order valence-electron chi connectivity index (χ3n) is 2.36. The molecule has 1 N–H and O–H groups in total. The molecule has 0 fully saturated rings. The van der Waals surface area contributed by atoms with Crippen LogP contribution in [-0.2, 0) is 4.74 Å². The first-order chi connectivity index (χ1) is 7.81. The van der Waals surface area contributed by atoms with E-state index in [0.29, 0.717) is 12.3 Å². The van der Waals surface area contributed by atoms with Gasteiger partial charge in [0.1, 0.15) is 5.69 Å². The lowest BCUT2D eigenvalue weighted by molar-refractivity contribution is 0.0519. The Labute approximate surface area is 94.0 Å². The zero-order valence-electron chi connectivity index (χ0n) is 9.19. The molecule has 16 heavy (non-hydrogen) atoms. The van der Waals surface area contributed by atoms with Gasteiger partial charge in [-0.15, -0.1) is 0 Å². The van der Waals surface area contributed by atoms with E-state index in [1.54, 1.807) is 13.0 Å². The van der Waals surface area contributed by atoms with Crippen LogP contribution in [0.4, 0.5) is 0 Å². The highest BCUT2D eigenvalue weighted by atomic mass is 16.5. The van der Waals surface area contributed by atoms with Gasteiger partial charge in [0.05, 0.1) is 12.3 Å². The summed E-state index contributed by atoms with van der Waals surface area (Å²) >= 11 is 0. The number of hydrogen-bond donors (Lipinski definition) is 1. The second-order valence-electron chi connectivity index (χ2n) is 3.53. The number of H-pyrrole nitrogens is 1. The minimum Gasteiger partial charge on any atom is -0.461 e. The number of esters is 1. The normalized spacial score (nSPS) is 14.7. The lowest BCUT2D eigenvalue weighted by atomic mass is 10.0. The maximum atomic E-state index is 11.4. The Balaban J connectivity index is 2.16. The average molecular weight is 218 g/mol. The Morgan fingerprint density at radius 1 is 1.56 bits per heavy atom. The first-order valence-electron chi connectivity index (χ1n) is 5.41. The summed E-state index contributed by atoms with van der Waals surface area (Å²) in [6.45, 7) is 2.15. The summed E-state index contributed by atoms with van der Waals surface area (Å²) in [5.41, 5.74) is 2.24. The monoisotopic (exact) mass is 218 g/mol. The summed E-state index contributed by atoms with van der Waals surface area (Å²) < 4.78 is 4.88. The van der Waals surface area contributed by atoms with Gasteiger partial charge in [0, 0.05) is 0 Å². The summed E-state index contributed by atoms with van der Waals surface area (Å²) in [6, 6.07) is 1.72. The van der Waals surface area contributed by atoms with Gasteiger partial charge in [-0.2, -0.15) is 5.10 Å². The molecule has 1 aromatic heterocycles. The fraction of sp³-hybridized carbons (Fsp3) is 0.333. The zero-order chi connectivity index (χ0) is 11.4. The van der Waals surface area contributed by atoms with Crippen LogP contribution in [0.25, 0.3) is 5.57 Å². The molecule has 0 saturated heterocycles. The van der Waals surface area contributed by atoms with Crippen molar-refractivity contribution in [2.75, 3.05) is 6.61 Å². The Bertz CT molecular complexity index is 444. The van der Waals surface area contributed by atoms with E-state index in [-0.39, 0.29) is 5.97 Å². The fourth-order valence-electron chi connectivity index (χ4n) is 1.59. The minimum absolute atomic E-state index is 0.360. The van der Waals surface area contributed by atoms with Gasteiger partial charge in [0.15, 0.2) is 0 Å². The van der Waals surface area contributed by atoms with E-state index in [1.165, 1.54) is 0 Å². The van der Waals surface area contributed by atoms with Gasteiger partial charge >= 0.3 is 5.97 Å². The summed E-state index contributed by atoms with van der Waals surface area (Å²) in [4.78, 5) is 11.4. The van der Waals surface area contributed by atoms with Crippen LogP contribution in [0.3, 0.4) is 0 Å². The predicted octanol–water partition coefficient (Wildman–Crippen LogP) is 2.32. The third-order valence-corrected chi connectivity index (χ3v) is 2.36. The SMILES string of the molecule is CCOC(=O)c1cc(C2=CCCC=C2)n[nH]1. The third kappa shape index (κ3) is 2.21. The molecule has 0 bridgehead atoms. The molecule has 0 atom stereocenters. The lowest BCUT2D eigenvalue weighted by Gasteiger charge is -2.02. The number of carbonyl (C=O) groups excluding carboxylic acids is 1. The summed E-state index contributed by atoms with van der Waals surface area (Å²) in [5, 5.41) is 6.79. The number of ether oxygens (including phenoxy) is 1. The van der Waals surface area contributed by atoms with Gasteiger partial charge in [-0.05, 0) is 31.4 Å². The quantitative estimate of drug-likeness (QED) is 0.792. The Hall–Kier alpha value is -1.84. The van der Waals surface area contributed by atoms with Crippen molar-refractivity contribution < 1.29 is 9.53 Å². The first-order valence-corrected chi connectivity index (χ1v) is 5.41. The fourth-order valence-corrected chi connectivity index (χ4v) is 1.59. The zero-order valence-corrected chi connectivity index (χ0v) is 9.19. The molecule has 1 heterocycles. The molecule has 0 amide bonds. The number of rotatable bonds is 3. The van der Waals surface area contributed by atoms with Crippen molar-refractivity contribution in [2.45, 2.75) is 19.8 Å². The van der Waals surface area contributed by atoms with Crippen LogP contribution in [0.15, 0.2) is 24.3 Å². The van der Waals surface area contributed by atoms with Crippen molar-refractivity contribution in [3.63, 3.8) is 0 Å². The van der Waals surface area contributed by atoms with Gasteiger partial charge in [-0.3, -0.25) is 5.10 Å². The van der Waals surface area contributed by atoms with Crippen LogP contribution in [0.1, 0.15) is 35.9 Å². The molecular formula is C12H14N2O2. The molecule has 1 aliphatic carbocycles. The van der Waals surface area contributed by atoms with Gasteiger partial charge in [-0.1, -0.05) is 18.2 Å². The molecule has 0 spiro atoms. The maximum Gasteiger partial charge on any atom is 0.356 e. The molecular weight excluding hydrogens is 204 g/mol. The molecule has 2 rings (SSSR count). The van der Waals surface area contributed by atoms with Crippen molar-refractivity contribution in [1.82, 2.24) is 10.2 Å². The Morgan fingerprint density at radius 2 is 2.44 bits per heavy atom. The highest BCUT2D eigenvalue weighted by molar-refractivity contribution is 5.88. The van der Waals surface area contributed by atoms with Gasteiger partial charge in [-0.25, -0.2) is 4.79 Å². The lowest BCUT2D eigenvalue weighted by Crippen LogP contribution is -2.04. The number of aromatic amines is 1. The number of aromatic nitrogens is 2. The van der Waals surface area contributed by atoms with Crippen molar-refractivity contribution in [2.24, 2.45) is 0 Å². The van der Waals surface area contributed by atoms with E-state index < -0.39 is 0 Å². The Morgan fingerprint density at radius 3 is 3.12 bits per heavy atom. The number of allylic oxidation sites excluding steroid dienone is 4. The van der Waals surface area contributed by atoms with Crippen molar-refractivity contribution >= 4 is 11.5 Å². The number of nitrogens with zero attached hydrogens (tertiary/aromatic N) is 1. The highest BCUT2D eigenvalue weighted by Crippen LogP contribution is 2.20. The Kier molecular flexibility index (Phi) is 3.19. The molecule has 0 aliphatic heterocycles. The van der Waals surface area contributed by atoms with Crippen LogP contribution in [0, 0.1) is 0 Å². The van der Waals surface area contributed by atoms with Crippen LogP contribution in [0.5, 0.6) is 0 Å². The summed E-state index contributed by atoms with van der Waals surface area (Å²) in [7, 11) is 0.